The normalized spacial score (nSPS) is 10.3. The molecule has 0 aliphatic rings. The van der Waals surface area contributed by atoms with Crippen molar-refractivity contribution in [1.82, 2.24) is 5.32 Å². The van der Waals surface area contributed by atoms with E-state index in [-0.39, 0.29) is 6.03 Å². The van der Waals surface area contributed by atoms with Crippen molar-refractivity contribution in [2.75, 3.05) is 18.5 Å². The molecule has 0 unspecified atom stereocenters. The zero-order valence-electron chi connectivity index (χ0n) is 13.6. The van der Waals surface area contributed by atoms with E-state index in [4.69, 9.17) is 4.74 Å². The lowest BCUT2D eigenvalue weighted by molar-refractivity contribution is 0.247. The molecule has 2 aromatic rings. The highest BCUT2D eigenvalue weighted by Crippen LogP contribution is 2.21. The summed E-state index contributed by atoms with van der Waals surface area (Å²) in [4.78, 5) is 12.0. The first kappa shape index (κ1) is 17.3. The van der Waals surface area contributed by atoms with Crippen LogP contribution in [0.4, 0.5) is 10.5 Å². The van der Waals surface area contributed by atoms with Gasteiger partial charge in [0.25, 0.3) is 0 Å². The fourth-order valence-electron chi connectivity index (χ4n) is 2.40. The number of halogens is 1. The Labute approximate surface area is 145 Å². The Balaban J connectivity index is 1.78. The summed E-state index contributed by atoms with van der Waals surface area (Å²) in [5.41, 5.74) is 4.17. The number of anilines is 1. The van der Waals surface area contributed by atoms with E-state index >= 15 is 0 Å². The van der Waals surface area contributed by atoms with Gasteiger partial charge in [-0.05, 0) is 56.2 Å². The minimum absolute atomic E-state index is 0.223. The molecule has 0 saturated heterocycles. The van der Waals surface area contributed by atoms with Gasteiger partial charge in [-0.3, -0.25) is 0 Å². The Bertz CT molecular complexity index is 661. The third-order valence-electron chi connectivity index (χ3n) is 3.39. The van der Waals surface area contributed by atoms with Crippen molar-refractivity contribution >= 4 is 27.6 Å². The third kappa shape index (κ3) is 5.28. The Morgan fingerprint density at radius 3 is 2.30 bits per heavy atom. The topological polar surface area (TPSA) is 50.4 Å². The summed E-state index contributed by atoms with van der Waals surface area (Å²) in [6, 6.07) is 11.5. The van der Waals surface area contributed by atoms with Gasteiger partial charge in [0.15, 0.2) is 0 Å². The second-order valence-electron chi connectivity index (χ2n) is 5.46. The molecule has 0 spiro atoms. The maximum absolute atomic E-state index is 12.0. The van der Waals surface area contributed by atoms with E-state index in [0.29, 0.717) is 13.2 Å². The van der Waals surface area contributed by atoms with Crippen LogP contribution < -0.4 is 15.4 Å². The summed E-state index contributed by atoms with van der Waals surface area (Å²) < 4.78 is 6.57. The Kier molecular flexibility index (Phi) is 6.04. The zero-order valence-corrected chi connectivity index (χ0v) is 15.2. The van der Waals surface area contributed by atoms with Crippen molar-refractivity contribution in [2.24, 2.45) is 0 Å². The molecule has 0 aliphatic heterocycles. The molecule has 2 rings (SSSR count). The van der Waals surface area contributed by atoms with Gasteiger partial charge in [0.2, 0.25) is 0 Å². The second kappa shape index (κ2) is 8.02. The molecule has 0 saturated carbocycles. The molecule has 2 N–H and O–H groups in total. The monoisotopic (exact) mass is 376 g/mol. The van der Waals surface area contributed by atoms with Gasteiger partial charge in [0, 0.05) is 10.2 Å². The molecule has 5 heteroatoms. The van der Waals surface area contributed by atoms with Crippen molar-refractivity contribution in [2.45, 2.75) is 20.8 Å². The van der Waals surface area contributed by atoms with Gasteiger partial charge in [-0.1, -0.05) is 33.6 Å². The van der Waals surface area contributed by atoms with Crippen LogP contribution >= 0.6 is 15.9 Å². The lowest BCUT2D eigenvalue weighted by Crippen LogP contribution is -2.32. The van der Waals surface area contributed by atoms with Gasteiger partial charge >= 0.3 is 6.03 Å². The lowest BCUT2D eigenvalue weighted by Gasteiger charge is -2.14. The van der Waals surface area contributed by atoms with Crippen molar-refractivity contribution < 1.29 is 9.53 Å². The van der Waals surface area contributed by atoms with E-state index in [1.165, 1.54) is 5.56 Å². The first-order chi connectivity index (χ1) is 11.0. The molecule has 0 aliphatic carbocycles. The Hall–Kier alpha value is -2.01. The number of urea groups is 1. The van der Waals surface area contributed by atoms with Crippen LogP contribution in [0, 0.1) is 20.8 Å². The van der Waals surface area contributed by atoms with E-state index < -0.39 is 0 Å². The quantitative estimate of drug-likeness (QED) is 0.750. The van der Waals surface area contributed by atoms with E-state index in [1.807, 2.05) is 45.0 Å². The number of ether oxygens (including phenoxy) is 1. The van der Waals surface area contributed by atoms with Crippen molar-refractivity contribution in [1.29, 1.82) is 0 Å². The number of hydrogen-bond donors (Lipinski definition) is 2. The lowest BCUT2D eigenvalue weighted by atomic mass is 10.1. The largest absolute Gasteiger partial charge is 0.492 e. The van der Waals surface area contributed by atoms with Crippen molar-refractivity contribution in [3.05, 3.63) is 57.6 Å². The molecular weight excluding hydrogens is 356 g/mol. The third-order valence-corrected chi connectivity index (χ3v) is 3.91. The summed E-state index contributed by atoms with van der Waals surface area (Å²) in [5, 5.41) is 5.70. The number of carbonyl (C=O) groups is 1. The van der Waals surface area contributed by atoms with Crippen LogP contribution in [0.3, 0.4) is 0 Å². The molecule has 0 radical (unpaired) electrons. The molecule has 2 aromatic carbocycles. The van der Waals surface area contributed by atoms with Crippen LogP contribution in [0.1, 0.15) is 16.7 Å². The minimum atomic E-state index is -0.223. The first-order valence-electron chi connectivity index (χ1n) is 7.47. The molecule has 4 nitrogen and oxygen atoms in total. The van der Waals surface area contributed by atoms with E-state index in [0.717, 1.165) is 27.0 Å². The predicted molar refractivity (Wildman–Crippen MR) is 97.3 cm³/mol. The molecule has 0 fully saturated rings. The molecule has 2 amide bonds. The summed E-state index contributed by atoms with van der Waals surface area (Å²) in [5.74, 6) is 0.778. The van der Waals surface area contributed by atoms with Gasteiger partial charge in [0.05, 0.1) is 6.54 Å². The number of aryl methyl sites for hydroxylation is 3. The van der Waals surface area contributed by atoms with Crippen LogP contribution in [0.25, 0.3) is 0 Å². The van der Waals surface area contributed by atoms with E-state index in [9.17, 15) is 4.79 Å². The molecule has 23 heavy (non-hydrogen) atoms. The highest BCUT2D eigenvalue weighted by atomic mass is 79.9. The van der Waals surface area contributed by atoms with E-state index in [2.05, 4.69) is 38.7 Å². The second-order valence-corrected chi connectivity index (χ2v) is 6.37. The van der Waals surface area contributed by atoms with Gasteiger partial charge in [-0.15, -0.1) is 0 Å². The first-order valence-corrected chi connectivity index (χ1v) is 8.26. The molecule has 0 atom stereocenters. The highest BCUT2D eigenvalue weighted by Gasteiger charge is 2.07. The smallest absolute Gasteiger partial charge is 0.319 e. The van der Waals surface area contributed by atoms with Crippen molar-refractivity contribution in [3.63, 3.8) is 0 Å². The van der Waals surface area contributed by atoms with Crippen LogP contribution in [0.2, 0.25) is 0 Å². The fraction of sp³-hybridized carbons (Fsp3) is 0.278. The van der Waals surface area contributed by atoms with Gasteiger partial charge < -0.3 is 15.4 Å². The van der Waals surface area contributed by atoms with Crippen molar-refractivity contribution in [3.8, 4) is 5.75 Å². The van der Waals surface area contributed by atoms with Gasteiger partial charge in [-0.25, -0.2) is 4.79 Å². The van der Waals surface area contributed by atoms with Crippen LogP contribution in [-0.4, -0.2) is 19.2 Å². The molecule has 0 bridgehead atoms. The number of benzene rings is 2. The highest BCUT2D eigenvalue weighted by molar-refractivity contribution is 9.10. The predicted octanol–water partition coefficient (Wildman–Crippen LogP) is 4.57. The number of nitrogens with one attached hydrogen (secondary N) is 2. The van der Waals surface area contributed by atoms with Crippen LogP contribution in [0.5, 0.6) is 5.75 Å². The Morgan fingerprint density at radius 2 is 1.70 bits per heavy atom. The number of carbonyl (C=O) groups excluding carboxylic acids is 1. The van der Waals surface area contributed by atoms with Gasteiger partial charge in [0.1, 0.15) is 12.4 Å². The maximum Gasteiger partial charge on any atom is 0.319 e. The average Bonchev–Trinajstić information content (AvgIpc) is 2.49. The zero-order chi connectivity index (χ0) is 16.8. The van der Waals surface area contributed by atoms with Gasteiger partial charge in [-0.2, -0.15) is 0 Å². The number of rotatable bonds is 5. The Morgan fingerprint density at radius 1 is 1.09 bits per heavy atom. The molecule has 122 valence electrons. The minimum Gasteiger partial charge on any atom is -0.492 e. The molecule has 0 heterocycles. The summed E-state index contributed by atoms with van der Waals surface area (Å²) >= 11 is 3.37. The number of amides is 2. The SMILES string of the molecule is Cc1cc(C)c(NC(=O)NCCOc2ccc(Br)cc2)c(C)c1. The van der Waals surface area contributed by atoms with Crippen LogP contribution in [0.15, 0.2) is 40.9 Å². The molecular formula is C18H21BrN2O2. The summed E-state index contributed by atoms with van der Waals surface area (Å²) in [6.07, 6.45) is 0. The number of hydrogen-bond acceptors (Lipinski definition) is 2. The summed E-state index contributed by atoms with van der Waals surface area (Å²) in [7, 11) is 0. The maximum atomic E-state index is 12.0. The standard InChI is InChI=1S/C18H21BrN2O2/c1-12-10-13(2)17(14(3)11-12)21-18(22)20-8-9-23-16-6-4-15(19)5-7-16/h4-7,10-11H,8-9H2,1-3H3,(H2,20,21,22). The summed E-state index contributed by atoms with van der Waals surface area (Å²) in [6.45, 7) is 6.88. The van der Waals surface area contributed by atoms with E-state index in [1.54, 1.807) is 0 Å². The fourth-order valence-corrected chi connectivity index (χ4v) is 2.66. The average molecular weight is 377 g/mol. The molecule has 0 aromatic heterocycles. The van der Waals surface area contributed by atoms with Crippen LogP contribution in [-0.2, 0) is 0 Å².